The van der Waals surface area contributed by atoms with Gasteiger partial charge in [0.15, 0.2) is 0 Å². The molecule has 1 aromatic rings. The highest BCUT2D eigenvalue weighted by atomic mass is 16.2. The highest BCUT2D eigenvalue weighted by molar-refractivity contribution is 5.96. The second-order valence-electron chi connectivity index (χ2n) is 4.87. The van der Waals surface area contributed by atoms with E-state index in [1.807, 2.05) is 37.4 Å². The largest absolute Gasteiger partial charge is 0.314 e. The Morgan fingerprint density at radius 3 is 2.71 bits per heavy atom. The molecule has 2 atom stereocenters. The van der Waals surface area contributed by atoms with E-state index in [2.05, 4.69) is 12.2 Å². The standard InChI is InChI=1S/C14H20N2O/c1-11-8-9-15-13(10-11)14(17)16(2)12-6-4-3-5-7-12/h3-7,11,13,15H,8-10H2,1-2H3. The van der Waals surface area contributed by atoms with Crippen molar-refractivity contribution in [3.63, 3.8) is 0 Å². The van der Waals surface area contributed by atoms with Gasteiger partial charge in [0, 0.05) is 12.7 Å². The topological polar surface area (TPSA) is 32.3 Å². The van der Waals surface area contributed by atoms with Crippen molar-refractivity contribution >= 4 is 11.6 Å². The molecule has 2 unspecified atom stereocenters. The van der Waals surface area contributed by atoms with Crippen LogP contribution in [0.4, 0.5) is 5.69 Å². The Bertz CT molecular complexity index is 377. The Kier molecular flexibility index (Phi) is 3.79. The molecule has 0 spiro atoms. The van der Waals surface area contributed by atoms with Crippen molar-refractivity contribution in [2.24, 2.45) is 5.92 Å². The summed E-state index contributed by atoms with van der Waals surface area (Å²) in [5.41, 5.74) is 0.956. The van der Waals surface area contributed by atoms with E-state index in [1.165, 1.54) is 6.42 Å². The van der Waals surface area contributed by atoms with E-state index in [0.717, 1.165) is 18.7 Å². The lowest BCUT2D eigenvalue weighted by Crippen LogP contribution is -2.49. The summed E-state index contributed by atoms with van der Waals surface area (Å²) in [4.78, 5) is 14.1. The number of piperidine rings is 1. The van der Waals surface area contributed by atoms with Crippen LogP contribution in [0.3, 0.4) is 0 Å². The number of rotatable bonds is 2. The van der Waals surface area contributed by atoms with Crippen LogP contribution in [-0.4, -0.2) is 25.5 Å². The van der Waals surface area contributed by atoms with Crippen LogP contribution in [0.2, 0.25) is 0 Å². The number of hydrogen-bond donors (Lipinski definition) is 1. The van der Waals surface area contributed by atoms with E-state index in [4.69, 9.17) is 0 Å². The molecule has 1 aliphatic rings. The second kappa shape index (κ2) is 5.32. The summed E-state index contributed by atoms with van der Waals surface area (Å²) in [6.07, 6.45) is 2.11. The van der Waals surface area contributed by atoms with Gasteiger partial charge in [0.25, 0.3) is 0 Å². The van der Waals surface area contributed by atoms with Gasteiger partial charge >= 0.3 is 0 Å². The Morgan fingerprint density at radius 1 is 1.35 bits per heavy atom. The summed E-state index contributed by atoms with van der Waals surface area (Å²) >= 11 is 0. The molecule has 1 N–H and O–H groups in total. The van der Waals surface area contributed by atoms with Crippen LogP contribution >= 0.6 is 0 Å². The van der Waals surface area contributed by atoms with E-state index < -0.39 is 0 Å². The smallest absolute Gasteiger partial charge is 0.243 e. The van der Waals surface area contributed by atoms with Crippen LogP contribution in [-0.2, 0) is 4.79 Å². The average Bonchev–Trinajstić information content (AvgIpc) is 2.38. The van der Waals surface area contributed by atoms with Gasteiger partial charge in [0.2, 0.25) is 5.91 Å². The first-order chi connectivity index (χ1) is 8.18. The molecular weight excluding hydrogens is 212 g/mol. The minimum absolute atomic E-state index is 0.0241. The maximum atomic E-state index is 12.3. The van der Waals surface area contributed by atoms with Gasteiger partial charge in [-0.15, -0.1) is 0 Å². The van der Waals surface area contributed by atoms with Crippen LogP contribution in [0.1, 0.15) is 19.8 Å². The minimum atomic E-state index is -0.0241. The molecule has 1 amide bonds. The Balaban J connectivity index is 2.04. The lowest BCUT2D eigenvalue weighted by Gasteiger charge is -2.30. The van der Waals surface area contributed by atoms with Crippen molar-refractivity contribution in [1.29, 1.82) is 0 Å². The molecule has 3 nitrogen and oxygen atoms in total. The summed E-state index contributed by atoms with van der Waals surface area (Å²) in [6, 6.07) is 9.77. The van der Waals surface area contributed by atoms with Gasteiger partial charge in [0.1, 0.15) is 0 Å². The van der Waals surface area contributed by atoms with E-state index in [0.29, 0.717) is 5.92 Å². The summed E-state index contributed by atoms with van der Waals surface area (Å²) in [5.74, 6) is 0.803. The van der Waals surface area contributed by atoms with Crippen LogP contribution < -0.4 is 10.2 Å². The van der Waals surface area contributed by atoms with Gasteiger partial charge in [-0.25, -0.2) is 0 Å². The van der Waals surface area contributed by atoms with Gasteiger partial charge in [0.05, 0.1) is 6.04 Å². The van der Waals surface area contributed by atoms with Crippen molar-refractivity contribution in [3.8, 4) is 0 Å². The average molecular weight is 232 g/mol. The zero-order chi connectivity index (χ0) is 12.3. The number of carbonyl (C=O) groups is 1. The number of benzene rings is 1. The molecule has 0 radical (unpaired) electrons. The molecule has 1 aliphatic heterocycles. The van der Waals surface area contributed by atoms with Crippen LogP contribution in [0.25, 0.3) is 0 Å². The van der Waals surface area contributed by atoms with Gasteiger partial charge < -0.3 is 10.2 Å². The van der Waals surface area contributed by atoms with E-state index in [1.54, 1.807) is 4.90 Å². The number of nitrogens with one attached hydrogen (secondary N) is 1. The summed E-state index contributed by atoms with van der Waals surface area (Å²) in [5, 5.41) is 3.31. The lowest BCUT2D eigenvalue weighted by molar-refractivity contribution is -0.121. The number of nitrogens with zero attached hydrogens (tertiary/aromatic N) is 1. The van der Waals surface area contributed by atoms with E-state index in [-0.39, 0.29) is 11.9 Å². The van der Waals surface area contributed by atoms with Crippen molar-refractivity contribution in [1.82, 2.24) is 5.32 Å². The quantitative estimate of drug-likeness (QED) is 0.846. The highest BCUT2D eigenvalue weighted by Gasteiger charge is 2.27. The SMILES string of the molecule is CC1CCNC(C(=O)N(C)c2ccccc2)C1. The van der Waals surface area contributed by atoms with Crippen LogP contribution in [0, 0.1) is 5.92 Å². The molecule has 1 heterocycles. The molecule has 1 aromatic carbocycles. The van der Waals surface area contributed by atoms with E-state index >= 15 is 0 Å². The first-order valence-corrected chi connectivity index (χ1v) is 6.24. The molecule has 0 bridgehead atoms. The third-order valence-electron chi connectivity index (χ3n) is 3.44. The minimum Gasteiger partial charge on any atom is -0.314 e. The molecule has 1 saturated heterocycles. The van der Waals surface area contributed by atoms with Crippen molar-refractivity contribution in [3.05, 3.63) is 30.3 Å². The number of amides is 1. The first-order valence-electron chi connectivity index (χ1n) is 6.24. The fraction of sp³-hybridized carbons (Fsp3) is 0.500. The second-order valence-corrected chi connectivity index (χ2v) is 4.87. The maximum absolute atomic E-state index is 12.3. The van der Waals surface area contributed by atoms with Crippen molar-refractivity contribution < 1.29 is 4.79 Å². The van der Waals surface area contributed by atoms with E-state index in [9.17, 15) is 4.79 Å². The normalized spacial score (nSPS) is 24.4. The number of anilines is 1. The third-order valence-corrected chi connectivity index (χ3v) is 3.44. The van der Waals surface area contributed by atoms with Crippen LogP contribution in [0.5, 0.6) is 0 Å². The number of carbonyl (C=O) groups excluding carboxylic acids is 1. The van der Waals surface area contributed by atoms with Crippen molar-refractivity contribution in [2.75, 3.05) is 18.5 Å². The predicted molar refractivity (Wildman–Crippen MR) is 70.0 cm³/mol. The molecule has 0 saturated carbocycles. The summed E-state index contributed by atoms with van der Waals surface area (Å²) in [6.45, 7) is 3.16. The molecule has 1 fully saturated rings. The highest BCUT2D eigenvalue weighted by Crippen LogP contribution is 2.19. The van der Waals surface area contributed by atoms with Crippen molar-refractivity contribution in [2.45, 2.75) is 25.8 Å². The third kappa shape index (κ3) is 2.86. The predicted octanol–water partition coefficient (Wildman–Crippen LogP) is 2.04. The molecule has 2 rings (SSSR count). The van der Waals surface area contributed by atoms with Gasteiger partial charge in [-0.1, -0.05) is 25.1 Å². The zero-order valence-corrected chi connectivity index (χ0v) is 10.5. The fourth-order valence-corrected chi connectivity index (χ4v) is 2.31. The molecule has 92 valence electrons. The maximum Gasteiger partial charge on any atom is 0.243 e. The van der Waals surface area contributed by atoms with Gasteiger partial charge in [-0.2, -0.15) is 0 Å². The summed E-state index contributed by atoms with van der Waals surface area (Å²) < 4.78 is 0. The number of para-hydroxylation sites is 1. The molecule has 0 aromatic heterocycles. The molecule has 17 heavy (non-hydrogen) atoms. The first kappa shape index (κ1) is 12.1. The molecule has 3 heteroatoms. The molecular formula is C14H20N2O. The van der Waals surface area contributed by atoms with Gasteiger partial charge in [-0.3, -0.25) is 4.79 Å². The number of hydrogen-bond acceptors (Lipinski definition) is 2. The molecule has 0 aliphatic carbocycles. The van der Waals surface area contributed by atoms with Gasteiger partial charge in [-0.05, 0) is 37.4 Å². The summed E-state index contributed by atoms with van der Waals surface area (Å²) in [7, 11) is 1.85. The Labute approximate surface area is 103 Å². The fourth-order valence-electron chi connectivity index (χ4n) is 2.31. The Hall–Kier alpha value is -1.35. The van der Waals surface area contributed by atoms with Crippen LogP contribution in [0.15, 0.2) is 30.3 Å². The zero-order valence-electron chi connectivity index (χ0n) is 10.5. The number of likely N-dealkylation sites (N-methyl/N-ethyl adjacent to an activating group) is 1. The lowest BCUT2D eigenvalue weighted by atomic mass is 9.93. The monoisotopic (exact) mass is 232 g/mol. The Morgan fingerprint density at radius 2 is 2.06 bits per heavy atom.